The lowest BCUT2D eigenvalue weighted by Crippen LogP contribution is -2.51. The quantitative estimate of drug-likeness (QED) is 0.816. The summed E-state index contributed by atoms with van der Waals surface area (Å²) in [7, 11) is 0. The fourth-order valence-corrected chi connectivity index (χ4v) is 3.54. The monoisotopic (exact) mass is 395 g/mol. The largest absolute Gasteiger partial charge is 0.345 e. The maximum Gasteiger partial charge on any atom is 0.253 e. The van der Waals surface area contributed by atoms with Crippen LogP contribution >= 0.6 is 24.0 Å². The molecule has 1 amide bonds. The number of hydrogen-bond acceptors (Lipinski definition) is 3. The highest BCUT2D eigenvalue weighted by molar-refractivity contribution is 6.31. The average molecular weight is 396 g/mol. The minimum absolute atomic E-state index is 0. The van der Waals surface area contributed by atoms with Gasteiger partial charge in [-0.05, 0) is 30.5 Å². The van der Waals surface area contributed by atoms with Crippen LogP contribution in [-0.2, 0) is 6.54 Å². The number of hydrogen-bond donors (Lipinski definition) is 2. The highest BCUT2D eigenvalue weighted by Crippen LogP contribution is 2.28. The fourth-order valence-electron chi connectivity index (χ4n) is 3.34. The number of amides is 1. The minimum Gasteiger partial charge on any atom is -0.345 e. The Kier molecular flexibility index (Phi) is 6.87. The van der Waals surface area contributed by atoms with Gasteiger partial charge >= 0.3 is 0 Å². The maximum atomic E-state index is 12.6. The van der Waals surface area contributed by atoms with Gasteiger partial charge in [-0.25, -0.2) is 0 Å². The van der Waals surface area contributed by atoms with E-state index < -0.39 is 0 Å². The molecule has 3 N–H and O–H groups in total. The molecule has 0 bridgehead atoms. The number of carbonyl (C=O) groups excluding carboxylic acids is 1. The smallest absolute Gasteiger partial charge is 0.253 e. The number of pyridine rings is 1. The molecule has 140 valence electrons. The summed E-state index contributed by atoms with van der Waals surface area (Å²) in [5.74, 6) is -0.194. The lowest BCUT2D eigenvalue weighted by molar-refractivity contribution is 0.0902. The molecule has 0 saturated heterocycles. The van der Waals surface area contributed by atoms with Gasteiger partial charge in [0.25, 0.3) is 11.5 Å². The van der Waals surface area contributed by atoms with E-state index in [0.717, 1.165) is 31.2 Å². The number of halogens is 2. The molecule has 1 aromatic heterocycles. The summed E-state index contributed by atoms with van der Waals surface area (Å²) in [6.45, 7) is 0.750. The normalized spacial score (nSPS) is 15.3. The van der Waals surface area contributed by atoms with Crippen LogP contribution in [0, 0.1) is 0 Å². The SMILES string of the molecule is Cl.NCC1(NC(=O)c2ccc(=O)n(Cc3ccccc3Cl)c2)CCCC1. The van der Waals surface area contributed by atoms with Crippen molar-refractivity contribution in [3.8, 4) is 0 Å². The Labute approximate surface area is 164 Å². The lowest BCUT2D eigenvalue weighted by Gasteiger charge is -2.28. The topological polar surface area (TPSA) is 77.1 Å². The van der Waals surface area contributed by atoms with Crippen molar-refractivity contribution in [3.05, 3.63) is 69.1 Å². The van der Waals surface area contributed by atoms with Crippen molar-refractivity contribution in [2.45, 2.75) is 37.8 Å². The first kappa shape index (κ1) is 20.5. The van der Waals surface area contributed by atoms with E-state index in [2.05, 4.69) is 5.32 Å². The van der Waals surface area contributed by atoms with Crippen molar-refractivity contribution in [2.75, 3.05) is 6.54 Å². The van der Waals surface area contributed by atoms with Gasteiger partial charge < -0.3 is 15.6 Å². The summed E-state index contributed by atoms with van der Waals surface area (Å²) in [5, 5.41) is 3.67. The van der Waals surface area contributed by atoms with Crippen molar-refractivity contribution in [1.29, 1.82) is 0 Å². The molecular weight excluding hydrogens is 373 g/mol. The second-order valence-corrected chi connectivity index (χ2v) is 7.03. The van der Waals surface area contributed by atoms with Gasteiger partial charge in [-0.2, -0.15) is 0 Å². The molecule has 1 aliphatic rings. The van der Waals surface area contributed by atoms with Crippen molar-refractivity contribution in [1.82, 2.24) is 9.88 Å². The molecule has 3 rings (SSSR count). The first-order valence-electron chi connectivity index (χ1n) is 8.49. The molecule has 0 atom stereocenters. The lowest BCUT2D eigenvalue weighted by atomic mass is 9.97. The molecule has 7 heteroatoms. The van der Waals surface area contributed by atoms with Gasteiger partial charge in [0.05, 0.1) is 17.6 Å². The van der Waals surface area contributed by atoms with E-state index in [1.54, 1.807) is 18.3 Å². The van der Waals surface area contributed by atoms with Crippen LogP contribution in [0.2, 0.25) is 5.02 Å². The highest BCUT2D eigenvalue weighted by Gasteiger charge is 2.34. The predicted molar refractivity (Wildman–Crippen MR) is 106 cm³/mol. The third-order valence-electron chi connectivity index (χ3n) is 4.87. The van der Waals surface area contributed by atoms with Gasteiger partial charge in [-0.3, -0.25) is 9.59 Å². The molecule has 2 aromatic rings. The molecular formula is C19H23Cl2N3O2. The number of nitrogens with one attached hydrogen (secondary N) is 1. The van der Waals surface area contributed by atoms with E-state index in [-0.39, 0.29) is 29.4 Å². The van der Waals surface area contributed by atoms with E-state index in [0.29, 0.717) is 23.7 Å². The molecule has 1 aromatic carbocycles. The summed E-state index contributed by atoms with van der Waals surface area (Å²) in [6.07, 6.45) is 5.52. The van der Waals surface area contributed by atoms with Gasteiger partial charge in [-0.1, -0.05) is 42.6 Å². The molecule has 1 saturated carbocycles. The maximum absolute atomic E-state index is 12.6. The Hall–Kier alpha value is -1.82. The van der Waals surface area contributed by atoms with Crippen LogP contribution in [-0.4, -0.2) is 22.6 Å². The number of carbonyl (C=O) groups is 1. The first-order chi connectivity index (χ1) is 12.0. The van der Waals surface area contributed by atoms with E-state index in [1.165, 1.54) is 10.6 Å². The van der Waals surface area contributed by atoms with Gasteiger partial charge in [0.2, 0.25) is 0 Å². The van der Waals surface area contributed by atoms with E-state index >= 15 is 0 Å². The molecule has 0 spiro atoms. The number of benzene rings is 1. The van der Waals surface area contributed by atoms with Crippen LogP contribution in [0.15, 0.2) is 47.4 Å². The molecule has 0 aliphatic heterocycles. The molecule has 1 fully saturated rings. The Morgan fingerprint density at radius 1 is 1.19 bits per heavy atom. The van der Waals surface area contributed by atoms with Crippen LogP contribution in [0.1, 0.15) is 41.6 Å². The third kappa shape index (κ3) is 4.47. The van der Waals surface area contributed by atoms with Gasteiger partial charge in [0.15, 0.2) is 0 Å². The predicted octanol–water partition coefficient (Wildman–Crippen LogP) is 2.97. The molecule has 1 aliphatic carbocycles. The molecule has 0 unspecified atom stereocenters. The van der Waals surface area contributed by atoms with Crippen LogP contribution < -0.4 is 16.6 Å². The Balaban J connectivity index is 0.00000243. The van der Waals surface area contributed by atoms with Crippen LogP contribution in [0.25, 0.3) is 0 Å². The van der Waals surface area contributed by atoms with Crippen LogP contribution in [0.3, 0.4) is 0 Å². The summed E-state index contributed by atoms with van der Waals surface area (Å²) >= 11 is 6.17. The fraction of sp³-hybridized carbons (Fsp3) is 0.368. The highest BCUT2D eigenvalue weighted by atomic mass is 35.5. The van der Waals surface area contributed by atoms with Gasteiger partial charge in [0, 0.05) is 23.8 Å². The van der Waals surface area contributed by atoms with Crippen molar-refractivity contribution in [2.24, 2.45) is 5.73 Å². The standard InChI is InChI=1S/C19H22ClN3O2.ClH/c20-16-6-2-1-5-14(16)11-23-12-15(7-8-17(23)24)18(25)22-19(13-21)9-3-4-10-19;/h1-2,5-8,12H,3-4,9-11,13,21H2,(H,22,25);1H. The number of nitrogens with zero attached hydrogens (tertiary/aromatic N) is 1. The second-order valence-electron chi connectivity index (χ2n) is 6.62. The van der Waals surface area contributed by atoms with Gasteiger partial charge in [-0.15, -0.1) is 12.4 Å². The summed E-state index contributed by atoms with van der Waals surface area (Å²) in [5.41, 5.74) is 6.67. The van der Waals surface area contributed by atoms with E-state index in [1.807, 2.05) is 18.2 Å². The number of rotatable bonds is 5. The van der Waals surface area contributed by atoms with Crippen LogP contribution in [0.5, 0.6) is 0 Å². The summed E-state index contributed by atoms with van der Waals surface area (Å²) in [4.78, 5) is 24.8. The minimum atomic E-state index is -0.319. The molecule has 26 heavy (non-hydrogen) atoms. The molecule has 0 radical (unpaired) electrons. The van der Waals surface area contributed by atoms with E-state index in [4.69, 9.17) is 17.3 Å². The zero-order valence-corrected chi connectivity index (χ0v) is 16.0. The molecule has 5 nitrogen and oxygen atoms in total. The zero-order chi connectivity index (χ0) is 17.9. The number of aromatic nitrogens is 1. The average Bonchev–Trinajstić information content (AvgIpc) is 3.07. The Morgan fingerprint density at radius 3 is 2.54 bits per heavy atom. The number of nitrogens with two attached hydrogens (primary N) is 1. The third-order valence-corrected chi connectivity index (χ3v) is 5.24. The van der Waals surface area contributed by atoms with E-state index in [9.17, 15) is 9.59 Å². The molecule has 1 heterocycles. The Morgan fingerprint density at radius 2 is 1.88 bits per heavy atom. The van der Waals surface area contributed by atoms with Crippen LogP contribution in [0.4, 0.5) is 0 Å². The second kappa shape index (κ2) is 8.71. The van der Waals surface area contributed by atoms with Crippen molar-refractivity contribution < 1.29 is 4.79 Å². The summed E-state index contributed by atoms with van der Waals surface area (Å²) < 4.78 is 1.50. The zero-order valence-electron chi connectivity index (χ0n) is 14.4. The summed E-state index contributed by atoms with van der Waals surface area (Å²) in [6, 6.07) is 10.3. The van der Waals surface area contributed by atoms with Gasteiger partial charge in [0.1, 0.15) is 0 Å². The first-order valence-corrected chi connectivity index (χ1v) is 8.87. The Bertz CT molecular complexity index is 830. The van der Waals surface area contributed by atoms with Crippen molar-refractivity contribution >= 4 is 29.9 Å². The van der Waals surface area contributed by atoms with Crippen molar-refractivity contribution in [3.63, 3.8) is 0 Å².